The molecule has 0 fully saturated rings. The zero-order chi connectivity index (χ0) is 14.7. The van der Waals surface area contributed by atoms with Gasteiger partial charge in [-0.25, -0.2) is 0 Å². The van der Waals surface area contributed by atoms with Crippen molar-refractivity contribution in [2.24, 2.45) is 0 Å². The second-order valence-electron chi connectivity index (χ2n) is 4.43. The lowest BCUT2D eigenvalue weighted by Gasteiger charge is -2.09. The summed E-state index contributed by atoms with van der Waals surface area (Å²) in [5, 5.41) is 5.35. The molecule has 0 saturated heterocycles. The maximum Gasteiger partial charge on any atom is 0.265 e. The van der Waals surface area contributed by atoms with E-state index in [0.717, 1.165) is 10.4 Å². The lowest BCUT2D eigenvalue weighted by Crippen LogP contribution is -2.21. The van der Waals surface area contributed by atoms with Crippen LogP contribution in [0.5, 0.6) is 0 Å². The summed E-state index contributed by atoms with van der Waals surface area (Å²) in [5.74, 6) is -0.415. The molecular weight excluding hydrogens is 272 g/mol. The van der Waals surface area contributed by atoms with Crippen LogP contribution < -0.4 is 10.6 Å². The molecule has 0 aliphatic heterocycles. The molecule has 0 atom stereocenters. The second kappa shape index (κ2) is 5.88. The molecule has 0 aliphatic rings. The molecule has 1 heterocycles. The Morgan fingerprint density at radius 3 is 2.40 bits per heavy atom. The van der Waals surface area contributed by atoms with Crippen LogP contribution in [-0.4, -0.2) is 18.9 Å². The standard InChI is InChI=1S/C15H16N2O2S/c1-9-8-13(20-10(9)2)15(19)17-12-7-5-4-6-11(12)14(18)16-3/h4-8H,1-3H3,(H,16,18)(H,17,19). The van der Waals surface area contributed by atoms with Gasteiger partial charge in [-0.2, -0.15) is 0 Å². The van der Waals surface area contributed by atoms with E-state index in [-0.39, 0.29) is 11.8 Å². The predicted molar refractivity (Wildman–Crippen MR) is 81.6 cm³/mol. The Balaban J connectivity index is 2.26. The van der Waals surface area contributed by atoms with Crippen LogP contribution in [0.3, 0.4) is 0 Å². The quantitative estimate of drug-likeness (QED) is 0.912. The van der Waals surface area contributed by atoms with E-state index >= 15 is 0 Å². The molecule has 1 aromatic carbocycles. The van der Waals surface area contributed by atoms with E-state index in [1.165, 1.54) is 11.3 Å². The van der Waals surface area contributed by atoms with Gasteiger partial charge in [0.2, 0.25) is 0 Å². The number of nitrogens with one attached hydrogen (secondary N) is 2. The van der Waals surface area contributed by atoms with Crippen molar-refractivity contribution in [1.29, 1.82) is 0 Å². The molecule has 2 aromatic rings. The number of carbonyl (C=O) groups excluding carboxylic acids is 2. The monoisotopic (exact) mass is 288 g/mol. The summed E-state index contributed by atoms with van der Waals surface area (Å²) >= 11 is 1.45. The summed E-state index contributed by atoms with van der Waals surface area (Å²) < 4.78 is 0. The number of carbonyl (C=O) groups is 2. The average Bonchev–Trinajstić information content (AvgIpc) is 2.78. The molecule has 0 aliphatic carbocycles. The Hall–Kier alpha value is -2.14. The fourth-order valence-corrected chi connectivity index (χ4v) is 2.72. The van der Waals surface area contributed by atoms with E-state index in [0.29, 0.717) is 16.1 Å². The largest absolute Gasteiger partial charge is 0.355 e. The number of aryl methyl sites for hydroxylation is 2. The molecule has 2 rings (SSSR count). The third kappa shape index (κ3) is 2.88. The Morgan fingerprint density at radius 1 is 1.10 bits per heavy atom. The summed E-state index contributed by atoms with van der Waals surface area (Å²) in [4.78, 5) is 25.7. The van der Waals surface area contributed by atoms with Crippen LogP contribution in [0, 0.1) is 13.8 Å². The van der Waals surface area contributed by atoms with Crippen molar-refractivity contribution in [3.05, 3.63) is 51.2 Å². The molecule has 0 bridgehead atoms. The SMILES string of the molecule is CNC(=O)c1ccccc1NC(=O)c1cc(C)c(C)s1. The first-order chi connectivity index (χ1) is 9.52. The fraction of sp³-hybridized carbons (Fsp3) is 0.200. The Kier molecular flexibility index (Phi) is 4.20. The van der Waals surface area contributed by atoms with Gasteiger partial charge in [0, 0.05) is 11.9 Å². The first-order valence-electron chi connectivity index (χ1n) is 6.22. The topological polar surface area (TPSA) is 58.2 Å². The molecule has 0 unspecified atom stereocenters. The van der Waals surface area contributed by atoms with Gasteiger partial charge in [-0.1, -0.05) is 12.1 Å². The van der Waals surface area contributed by atoms with E-state index < -0.39 is 0 Å². The number of benzene rings is 1. The Bertz CT molecular complexity index is 642. The van der Waals surface area contributed by atoms with Crippen LogP contribution >= 0.6 is 11.3 Å². The molecule has 0 radical (unpaired) electrons. The molecule has 0 spiro atoms. The van der Waals surface area contributed by atoms with E-state index in [1.54, 1.807) is 31.3 Å². The van der Waals surface area contributed by atoms with Crippen LogP contribution in [-0.2, 0) is 0 Å². The number of hydrogen-bond donors (Lipinski definition) is 2. The number of thiophene rings is 1. The Morgan fingerprint density at radius 2 is 1.80 bits per heavy atom. The van der Waals surface area contributed by atoms with E-state index in [1.807, 2.05) is 19.9 Å². The second-order valence-corrected chi connectivity index (χ2v) is 5.69. The van der Waals surface area contributed by atoms with Gasteiger partial charge < -0.3 is 10.6 Å². The molecule has 1 aromatic heterocycles. The molecular formula is C15H16N2O2S. The lowest BCUT2D eigenvalue weighted by atomic mass is 10.1. The van der Waals surface area contributed by atoms with Crippen molar-refractivity contribution in [1.82, 2.24) is 5.32 Å². The van der Waals surface area contributed by atoms with Gasteiger partial charge in [-0.3, -0.25) is 9.59 Å². The van der Waals surface area contributed by atoms with Crippen molar-refractivity contribution < 1.29 is 9.59 Å². The van der Waals surface area contributed by atoms with Crippen molar-refractivity contribution in [3.8, 4) is 0 Å². The third-order valence-electron chi connectivity index (χ3n) is 3.04. The minimum Gasteiger partial charge on any atom is -0.355 e. The van der Waals surface area contributed by atoms with Crippen LogP contribution in [0.25, 0.3) is 0 Å². The molecule has 2 amide bonds. The molecule has 2 N–H and O–H groups in total. The highest BCUT2D eigenvalue weighted by Gasteiger charge is 2.14. The first kappa shape index (κ1) is 14.3. The van der Waals surface area contributed by atoms with Gasteiger partial charge in [0.15, 0.2) is 0 Å². The van der Waals surface area contributed by atoms with Gasteiger partial charge in [0.05, 0.1) is 16.1 Å². The Labute approximate surface area is 121 Å². The smallest absolute Gasteiger partial charge is 0.265 e. The normalized spacial score (nSPS) is 10.2. The summed E-state index contributed by atoms with van der Waals surface area (Å²) in [6.45, 7) is 3.95. The number of hydrogen-bond acceptors (Lipinski definition) is 3. The van der Waals surface area contributed by atoms with Gasteiger partial charge in [0.1, 0.15) is 0 Å². The maximum absolute atomic E-state index is 12.2. The van der Waals surface area contributed by atoms with Gasteiger partial charge >= 0.3 is 0 Å². The molecule has 4 nitrogen and oxygen atoms in total. The zero-order valence-electron chi connectivity index (χ0n) is 11.6. The zero-order valence-corrected chi connectivity index (χ0v) is 12.4. The summed E-state index contributed by atoms with van der Waals surface area (Å²) in [6.07, 6.45) is 0. The van der Waals surface area contributed by atoms with Crippen LogP contribution in [0.4, 0.5) is 5.69 Å². The highest BCUT2D eigenvalue weighted by molar-refractivity contribution is 7.14. The molecule has 20 heavy (non-hydrogen) atoms. The van der Waals surface area contributed by atoms with Gasteiger partial charge in [0.25, 0.3) is 11.8 Å². The summed E-state index contributed by atoms with van der Waals surface area (Å²) in [5.41, 5.74) is 2.06. The van der Waals surface area contributed by atoms with E-state index in [2.05, 4.69) is 10.6 Å². The van der Waals surface area contributed by atoms with Crippen molar-refractivity contribution in [2.75, 3.05) is 12.4 Å². The first-order valence-corrected chi connectivity index (χ1v) is 7.04. The predicted octanol–water partition coefficient (Wildman–Crippen LogP) is 2.98. The molecule has 104 valence electrons. The summed E-state index contributed by atoms with van der Waals surface area (Å²) in [7, 11) is 1.56. The lowest BCUT2D eigenvalue weighted by molar-refractivity contribution is 0.0964. The highest BCUT2D eigenvalue weighted by Crippen LogP contribution is 2.23. The third-order valence-corrected chi connectivity index (χ3v) is 4.19. The fourth-order valence-electron chi connectivity index (χ4n) is 1.79. The number of amides is 2. The molecule has 5 heteroatoms. The van der Waals surface area contributed by atoms with Crippen molar-refractivity contribution in [3.63, 3.8) is 0 Å². The summed E-state index contributed by atoms with van der Waals surface area (Å²) in [6, 6.07) is 8.81. The van der Waals surface area contributed by atoms with Gasteiger partial charge in [-0.05, 0) is 37.6 Å². The highest BCUT2D eigenvalue weighted by atomic mass is 32.1. The van der Waals surface area contributed by atoms with Crippen LogP contribution in [0.1, 0.15) is 30.5 Å². The van der Waals surface area contributed by atoms with Crippen molar-refractivity contribution in [2.45, 2.75) is 13.8 Å². The van der Waals surface area contributed by atoms with Gasteiger partial charge in [-0.15, -0.1) is 11.3 Å². The van der Waals surface area contributed by atoms with E-state index in [9.17, 15) is 9.59 Å². The molecule has 0 saturated carbocycles. The van der Waals surface area contributed by atoms with E-state index in [4.69, 9.17) is 0 Å². The number of para-hydroxylation sites is 1. The van der Waals surface area contributed by atoms with Crippen molar-refractivity contribution >= 4 is 28.8 Å². The van der Waals surface area contributed by atoms with Crippen LogP contribution in [0.15, 0.2) is 30.3 Å². The van der Waals surface area contributed by atoms with Crippen LogP contribution in [0.2, 0.25) is 0 Å². The average molecular weight is 288 g/mol. The maximum atomic E-state index is 12.2. The minimum atomic E-state index is -0.223. The number of rotatable bonds is 3. The number of anilines is 1. The minimum absolute atomic E-state index is 0.192.